The summed E-state index contributed by atoms with van der Waals surface area (Å²) in [5.41, 5.74) is 0. The van der Waals surface area contributed by atoms with Crippen molar-refractivity contribution < 1.29 is 0 Å². The fraction of sp³-hybridized carbons (Fsp3) is 0. The summed E-state index contributed by atoms with van der Waals surface area (Å²) in [4.78, 5) is 0. The lowest BCUT2D eigenvalue weighted by Crippen LogP contribution is -1.88. The van der Waals surface area contributed by atoms with Crippen molar-refractivity contribution in [2.45, 2.75) is 0 Å². The van der Waals surface area contributed by atoms with E-state index < -0.39 is 0 Å². The minimum Gasteiger partial charge on any atom is -0.289 e. The van der Waals surface area contributed by atoms with Crippen LogP contribution >= 0.6 is 24.4 Å². The van der Waals surface area contributed by atoms with Crippen molar-refractivity contribution in [1.29, 1.82) is 0 Å². The molecule has 4 nitrogen and oxygen atoms in total. The lowest BCUT2D eigenvalue weighted by atomic mass is 10.3. The van der Waals surface area contributed by atoms with Crippen molar-refractivity contribution >= 4 is 35.2 Å². The molecule has 2 heterocycles. The van der Waals surface area contributed by atoms with E-state index in [-0.39, 0.29) is 0 Å². The minimum absolute atomic E-state index is 0.591. The molecule has 2 N–H and O–H groups in total. The molecule has 0 aromatic carbocycles. The van der Waals surface area contributed by atoms with Gasteiger partial charge in [0.1, 0.15) is 9.28 Å². The Labute approximate surface area is 77.6 Å². The molecule has 0 atom stereocenters. The largest absolute Gasteiger partial charge is 0.289 e. The van der Waals surface area contributed by atoms with E-state index in [0.29, 0.717) is 9.28 Å². The van der Waals surface area contributed by atoms with Crippen molar-refractivity contribution in [2.24, 2.45) is 0 Å². The third-order valence-corrected chi connectivity index (χ3v) is 2.15. The van der Waals surface area contributed by atoms with Gasteiger partial charge in [0.2, 0.25) is 0 Å². The van der Waals surface area contributed by atoms with Crippen LogP contribution in [-0.2, 0) is 0 Å². The normalized spacial score (nSPS) is 10.3. The fourth-order valence-corrected chi connectivity index (χ4v) is 1.36. The maximum Gasteiger partial charge on any atom is 0.127 e. The zero-order chi connectivity index (χ0) is 8.55. The van der Waals surface area contributed by atoms with Gasteiger partial charge in [0.05, 0.1) is 12.4 Å². The predicted octanol–water partition coefficient (Wildman–Crippen LogP) is 1.74. The summed E-state index contributed by atoms with van der Waals surface area (Å²) in [5.74, 6) is 0. The van der Waals surface area contributed by atoms with E-state index in [0.717, 1.165) is 10.8 Å². The van der Waals surface area contributed by atoms with E-state index in [2.05, 4.69) is 20.4 Å². The molecule has 2 rings (SSSR count). The second kappa shape index (κ2) is 2.72. The lowest BCUT2D eigenvalue weighted by Gasteiger charge is -1.94. The van der Waals surface area contributed by atoms with Gasteiger partial charge in [0.25, 0.3) is 0 Å². The Hall–Kier alpha value is -1.14. The van der Waals surface area contributed by atoms with E-state index >= 15 is 0 Å². The number of fused-ring (bicyclic) bond motifs is 1. The molecular weight excluding hydrogens is 192 g/mol. The summed E-state index contributed by atoms with van der Waals surface area (Å²) in [6, 6.07) is 0. The van der Waals surface area contributed by atoms with E-state index in [1.54, 1.807) is 12.4 Å². The molecule has 60 valence electrons. The SMILES string of the molecule is S=c1[nH][nH]c(=S)c2cnncc12. The lowest BCUT2D eigenvalue weighted by molar-refractivity contribution is 0.998. The molecule has 0 aliphatic heterocycles. The standard InChI is InChI=1S/C6H4N4S2/c11-5-3-1-7-8-2-4(3)6(12)10-9-5/h1-2H,(H,9,11)(H,10,12). The molecule has 12 heavy (non-hydrogen) atoms. The number of nitrogens with one attached hydrogen (secondary N) is 2. The summed E-state index contributed by atoms with van der Waals surface area (Å²) in [6.45, 7) is 0. The molecule has 0 saturated heterocycles. The van der Waals surface area contributed by atoms with Gasteiger partial charge in [-0.3, -0.25) is 10.2 Å². The van der Waals surface area contributed by atoms with Crippen LogP contribution in [0.2, 0.25) is 0 Å². The van der Waals surface area contributed by atoms with Gasteiger partial charge >= 0.3 is 0 Å². The summed E-state index contributed by atoms with van der Waals surface area (Å²) in [7, 11) is 0. The van der Waals surface area contributed by atoms with Gasteiger partial charge in [-0.25, -0.2) is 0 Å². The van der Waals surface area contributed by atoms with Crippen LogP contribution in [0, 0.1) is 9.28 Å². The van der Waals surface area contributed by atoms with Crippen molar-refractivity contribution in [3.63, 3.8) is 0 Å². The molecule has 2 aromatic rings. The Morgan fingerprint density at radius 3 is 1.75 bits per heavy atom. The van der Waals surface area contributed by atoms with Gasteiger partial charge in [0, 0.05) is 10.8 Å². The minimum atomic E-state index is 0.591. The van der Waals surface area contributed by atoms with Gasteiger partial charge in [-0.05, 0) is 0 Å². The molecule has 2 aromatic heterocycles. The van der Waals surface area contributed by atoms with E-state index in [1.165, 1.54) is 0 Å². The van der Waals surface area contributed by atoms with E-state index in [4.69, 9.17) is 24.4 Å². The summed E-state index contributed by atoms with van der Waals surface area (Å²) >= 11 is 10.0. The second-order valence-electron chi connectivity index (χ2n) is 2.22. The maximum absolute atomic E-state index is 5.01. The van der Waals surface area contributed by atoms with Crippen LogP contribution in [0.4, 0.5) is 0 Å². The highest BCUT2D eigenvalue weighted by molar-refractivity contribution is 7.72. The number of H-pyrrole nitrogens is 2. The number of hydrogen-bond acceptors (Lipinski definition) is 4. The fourth-order valence-electron chi connectivity index (χ4n) is 0.931. The van der Waals surface area contributed by atoms with Crippen LogP contribution in [0.3, 0.4) is 0 Å². The monoisotopic (exact) mass is 196 g/mol. The zero-order valence-electron chi connectivity index (χ0n) is 5.87. The van der Waals surface area contributed by atoms with Crippen LogP contribution in [-0.4, -0.2) is 20.4 Å². The van der Waals surface area contributed by atoms with E-state index in [9.17, 15) is 0 Å². The Balaban J connectivity index is 3.16. The molecule has 0 spiro atoms. The van der Waals surface area contributed by atoms with Crippen LogP contribution in [0.5, 0.6) is 0 Å². The van der Waals surface area contributed by atoms with Crippen molar-refractivity contribution in [3.8, 4) is 0 Å². The van der Waals surface area contributed by atoms with Gasteiger partial charge in [0.15, 0.2) is 0 Å². The summed E-state index contributed by atoms with van der Waals surface area (Å²) in [6.07, 6.45) is 3.19. The van der Waals surface area contributed by atoms with Crippen LogP contribution in [0.25, 0.3) is 10.8 Å². The highest BCUT2D eigenvalue weighted by Crippen LogP contribution is 2.10. The molecule has 0 saturated carbocycles. The number of hydrogen-bond donors (Lipinski definition) is 2. The van der Waals surface area contributed by atoms with Gasteiger partial charge in [-0.2, -0.15) is 10.2 Å². The predicted molar refractivity (Wildman–Crippen MR) is 49.9 cm³/mol. The molecule has 0 radical (unpaired) electrons. The van der Waals surface area contributed by atoms with Crippen LogP contribution in [0.1, 0.15) is 0 Å². The Kier molecular flexibility index (Phi) is 1.70. The molecular formula is C6H4N4S2. The topological polar surface area (TPSA) is 57.4 Å². The number of aromatic amines is 2. The molecule has 0 bridgehead atoms. The molecule has 0 aliphatic carbocycles. The molecule has 6 heteroatoms. The number of rotatable bonds is 0. The third kappa shape index (κ3) is 1.05. The zero-order valence-corrected chi connectivity index (χ0v) is 7.50. The van der Waals surface area contributed by atoms with Crippen LogP contribution in [0.15, 0.2) is 12.4 Å². The first-order valence-electron chi connectivity index (χ1n) is 3.20. The van der Waals surface area contributed by atoms with Crippen molar-refractivity contribution in [2.75, 3.05) is 0 Å². The first-order valence-corrected chi connectivity index (χ1v) is 4.02. The quantitative estimate of drug-likeness (QED) is 0.630. The maximum atomic E-state index is 5.01. The summed E-state index contributed by atoms with van der Waals surface area (Å²) in [5, 5.41) is 14.6. The van der Waals surface area contributed by atoms with Crippen LogP contribution < -0.4 is 0 Å². The van der Waals surface area contributed by atoms with Crippen molar-refractivity contribution in [3.05, 3.63) is 21.7 Å². The highest BCUT2D eigenvalue weighted by atomic mass is 32.1. The van der Waals surface area contributed by atoms with Gasteiger partial charge < -0.3 is 0 Å². The highest BCUT2D eigenvalue weighted by Gasteiger charge is 1.96. The second-order valence-corrected chi connectivity index (χ2v) is 3.04. The molecule has 0 fully saturated rings. The van der Waals surface area contributed by atoms with Crippen molar-refractivity contribution in [1.82, 2.24) is 20.4 Å². The first-order chi connectivity index (χ1) is 5.79. The molecule has 0 aliphatic rings. The number of nitrogens with zero attached hydrogens (tertiary/aromatic N) is 2. The van der Waals surface area contributed by atoms with Gasteiger partial charge in [-0.15, -0.1) is 0 Å². The van der Waals surface area contributed by atoms with Gasteiger partial charge in [-0.1, -0.05) is 24.4 Å². The number of aromatic nitrogens is 4. The van der Waals surface area contributed by atoms with E-state index in [1.807, 2.05) is 0 Å². The third-order valence-electron chi connectivity index (χ3n) is 1.51. The summed E-state index contributed by atoms with van der Waals surface area (Å²) < 4.78 is 1.18. The Morgan fingerprint density at radius 2 is 1.33 bits per heavy atom. The first kappa shape index (κ1) is 7.51. The smallest absolute Gasteiger partial charge is 0.127 e. The molecule has 0 amide bonds. The Morgan fingerprint density at radius 1 is 0.917 bits per heavy atom. The average molecular weight is 196 g/mol. The average Bonchev–Trinajstić information content (AvgIpc) is 2.12. The molecule has 0 unspecified atom stereocenters. The Bertz CT molecular complexity index is 478.